The van der Waals surface area contributed by atoms with E-state index in [0.717, 1.165) is 5.56 Å². The van der Waals surface area contributed by atoms with E-state index < -0.39 is 6.10 Å². The van der Waals surface area contributed by atoms with Gasteiger partial charge in [-0.05, 0) is 49.7 Å². The number of hydrogen-bond acceptors (Lipinski definition) is 4. The van der Waals surface area contributed by atoms with Gasteiger partial charge in [-0.3, -0.25) is 4.79 Å². The standard InChI is InChI=1S/C19H22ClNO4/c1-13-12-15(20)8-9-16(13)25-14(2)19(22)21-10-11-24-18-7-5-4-6-17(18)23-3/h4-9,12,14H,10-11H2,1-3H3,(H,21,22). The lowest BCUT2D eigenvalue weighted by Gasteiger charge is -2.16. The summed E-state index contributed by atoms with van der Waals surface area (Å²) in [6.07, 6.45) is -0.619. The monoisotopic (exact) mass is 363 g/mol. The van der Waals surface area contributed by atoms with E-state index in [1.807, 2.05) is 31.2 Å². The lowest BCUT2D eigenvalue weighted by Crippen LogP contribution is -2.38. The molecule has 1 amide bonds. The number of carbonyl (C=O) groups is 1. The number of aryl methyl sites for hydroxylation is 1. The molecule has 1 unspecified atom stereocenters. The molecule has 0 bridgehead atoms. The van der Waals surface area contributed by atoms with Gasteiger partial charge >= 0.3 is 0 Å². The lowest BCUT2D eigenvalue weighted by molar-refractivity contribution is -0.127. The summed E-state index contributed by atoms with van der Waals surface area (Å²) in [6, 6.07) is 12.6. The molecule has 2 aromatic carbocycles. The maximum atomic E-state index is 12.1. The Balaban J connectivity index is 1.77. The van der Waals surface area contributed by atoms with E-state index in [9.17, 15) is 4.79 Å². The highest BCUT2D eigenvalue weighted by Gasteiger charge is 2.15. The zero-order valence-corrected chi connectivity index (χ0v) is 15.3. The summed E-state index contributed by atoms with van der Waals surface area (Å²) in [7, 11) is 1.59. The highest BCUT2D eigenvalue weighted by atomic mass is 35.5. The van der Waals surface area contributed by atoms with Gasteiger partial charge in [0.1, 0.15) is 12.4 Å². The van der Waals surface area contributed by atoms with Gasteiger partial charge in [-0.15, -0.1) is 0 Å². The number of nitrogens with one attached hydrogen (secondary N) is 1. The molecular weight excluding hydrogens is 342 g/mol. The zero-order chi connectivity index (χ0) is 18.2. The third kappa shape index (κ3) is 5.57. The fourth-order valence-corrected chi connectivity index (χ4v) is 2.43. The van der Waals surface area contributed by atoms with Gasteiger partial charge in [0.2, 0.25) is 0 Å². The largest absolute Gasteiger partial charge is 0.493 e. The lowest BCUT2D eigenvalue weighted by atomic mass is 10.2. The number of carbonyl (C=O) groups excluding carboxylic acids is 1. The molecule has 6 heteroatoms. The Morgan fingerprint density at radius 1 is 1.16 bits per heavy atom. The maximum Gasteiger partial charge on any atom is 0.260 e. The van der Waals surface area contributed by atoms with Crippen LogP contribution < -0.4 is 19.5 Å². The number of methoxy groups -OCH3 is 1. The average molecular weight is 364 g/mol. The molecule has 2 aromatic rings. The van der Waals surface area contributed by atoms with Crippen LogP contribution in [0.4, 0.5) is 0 Å². The summed E-state index contributed by atoms with van der Waals surface area (Å²) in [4.78, 5) is 12.1. The number of hydrogen-bond donors (Lipinski definition) is 1. The molecule has 0 saturated heterocycles. The summed E-state index contributed by atoms with van der Waals surface area (Å²) in [5.74, 6) is 1.72. The van der Waals surface area contributed by atoms with Gasteiger partial charge in [-0.1, -0.05) is 23.7 Å². The van der Waals surface area contributed by atoms with Crippen LogP contribution in [0.5, 0.6) is 17.2 Å². The molecule has 1 atom stereocenters. The van der Waals surface area contributed by atoms with Gasteiger partial charge in [0.15, 0.2) is 17.6 Å². The van der Waals surface area contributed by atoms with Gasteiger partial charge in [0.05, 0.1) is 13.7 Å². The van der Waals surface area contributed by atoms with Crippen molar-refractivity contribution in [1.82, 2.24) is 5.32 Å². The minimum absolute atomic E-state index is 0.210. The van der Waals surface area contributed by atoms with Crippen molar-refractivity contribution in [3.05, 3.63) is 53.1 Å². The molecule has 1 N–H and O–H groups in total. The topological polar surface area (TPSA) is 56.8 Å². The summed E-state index contributed by atoms with van der Waals surface area (Å²) in [5.41, 5.74) is 0.881. The van der Waals surface area contributed by atoms with Crippen LogP contribution in [0, 0.1) is 6.92 Å². The van der Waals surface area contributed by atoms with Crippen molar-refractivity contribution in [3.8, 4) is 17.2 Å². The second-order valence-electron chi connectivity index (χ2n) is 5.46. The van der Waals surface area contributed by atoms with E-state index in [4.69, 9.17) is 25.8 Å². The number of para-hydroxylation sites is 2. The molecule has 0 spiro atoms. The van der Waals surface area contributed by atoms with E-state index in [1.165, 1.54) is 0 Å². The van der Waals surface area contributed by atoms with E-state index in [1.54, 1.807) is 32.2 Å². The molecule has 0 aromatic heterocycles. The molecule has 0 aliphatic carbocycles. The van der Waals surface area contributed by atoms with Crippen molar-refractivity contribution in [3.63, 3.8) is 0 Å². The van der Waals surface area contributed by atoms with Crippen molar-refractivity contribution in [1.29, 1.82) is 0 Å². The second-order valence-corrected chi connectivity index (χ2v) is 5.90. The van der Waals surface area contributed by atoms with Crippen LogP contribution in [0.1, 0.15) is 12.5 Å². The number of amides is 1. The van der Waals surface area contributed by atoms with Crippen molar-refractivity contribution < 1.29 is 19.0 Å². The number of halogens is 1. The Bertz CT molecular complexity index is 720. The van der Waals surface area contributed by atoms with Crippen LogP contribution in [0.25, 0.3) is 0 Å². The molecule has 0 aliphatic rings. The van der Waals surface area contributed by atoms with E-state index >= 15 is 0 Å². The number of ether oxygens (including phenoxy) is 3. The molecule has 0 fully saturated rings. The molecular formula is C19H22ClNO4. The minimum Gasteiger partial charge on any atom is -0.493 e. The third-order valence-corrected chi connectivity index (χ3v) is 3.77. The van der Waals surface area contributed by atoms with Gasteiger partial charge in [-0.2, -0.15) is 0 Å². The van der Waals surface area contributed by atoms with Crippen LogP contribution in [-0.4, -0.2) is 32.3 Å². The highest BCUT2D eigenvalue weighted by Crippen LogP contribution is 2.25. The Labute approximate surface area is 152 Å². The Hall–Kier alpha value is -2.40. The van der Waals surface area contributed by atoms with Crippen LogP contribution in [0.3, 0.4) is 0 Å². The van der Waals surface area contributed by atoms with E-state index in [-0.39, 0.29) is 5.91 Å². The van der Waals surface area contributed by atoms with Crippen LogP contribution in [0.15, 0.2) is 42.5 Å². The fraction of sp³-hybridized carbons (Fsp3) is 0.316. The number of benzene rings is 2. The van der Waals surface area contributed by atoms with Gasteiger partial charge in [0.25, 0.3) is 5.91 Å². The Morgan fingerprint density at radius 3 is 2.56 bits per heavy atom. The molecule has 0 aliphatic heterocycles. The highest BCUT2D eigenvalue weighted by molar-refractivity contribution is 6.30. The van der Waals surface area contributed by atoms with Crippen molar-refractivity contribution in [2.24, 2.45) is 0 Å². The van der Waals surface area contributed by atoms with Gasteiger partial charge in [0, 0.05) is 5.02 Å². The first-order valence-electron chi connectivity index (χ1n) is 7.97. The molecule has 0 saturated carbocycles. The van der Waals surface area contributed by atoms with E-state index in [0.29, 0.717) is 35.4 Å². The minimum atomic E-state index is -0.619. The quantitative estimate of drug-likeness (QED) is 0.728. The smallest absolute Gasteiger partial charge is 0.260 e. The normalized spacial score (nSPS) is 11.5. The first kappa shape index (κ1) is 18.9. The first-order valence-corrected chi connectivity index (χ1v) is 8.35. The average Bonchev–Trinajstić information content (AvgIpc) is 2.61. The maximum absolute atomic E-state index is 12.1. The Kier molecular flexibility index (Phi) is 6.95. The predicted molar refractivity (Wildman–Crippen MR) is 97.8 cm³/mol. The number of rotatable bonds is 8. The van der Waals surface area contributed by atoms with Gasteiger partial charge < -0.3 is 19.5 Å². The van der Waals surface area contributed by atoms with Crippen molar-refractivity contribution >= 4 is 17.5 Å². The summed E-state index contributed by atoms with van der Waals surface area (Å²) in [5, 5.41) is 3.42. The molecule has 5 nitrogen and oxygen atoms in total. The molecule has 0 radical (unpaired) electrons. The fourth-order valence-electron chi connectivity index (χ4n) is 2.21. The summed E-state index contributed by atoms with van der Waals surface area (Å²) < 4.78 is 16.5. The molecule has 0 heterocycles. The van der Waals surface area contributed by atoms with Gasteiger partial charge in [-0.25, -0.2) is 0 Å². The molecule has 2 rings (SSSR count). The SMILES string of the molecule is COc1ccccc1OCCNC(=O)C(C)Oc1ccc(Cl)cc1C. The molecule has 25 heavy (non-hydrogen) atoms. The predicted octanol–water partition coefficient (Wildman–Crippen LogP) is 3.62. The van der Waals surface area contributed by atoms with Crippen LogP contribution in [0.2, 0.25) is 5.02 Å². The van der Waals surface area contributed by atoms with Crippen LogP contribution in [-0.2, 0) is 4.79 Å². The van der Waals surface area contributed by atoms with Crippen molar-refractivity contribution in [2.45, 2.75) is 20.0 Å². The summed E-state index contributed by atoms with van der Waals surface area (Å²) >= 11 is 5.91. The summed E-state index contributed by atoms with van der Waals surface area (Å²) in [6.45, 7) is 4.28. The Morgan fingerprint density at radius 2 is 1.88 bits per heavy atom. The zero-order valence-electron chi connectivity index (χ0n) is 14.5. The first-order chi connectivity index (χ1) is 12.0. The third-order valence-electron chi connectivity index (χ3n) is 3.54. The van der Waals surface area contributed by atoms with Crippen molar-refractivity contribution in [2.75, 3.05) is 20.3 Å². The second kappa shape index (κ2) is 9.18. The van der Waals surface area contributed by atoms with E-state index in [2.05, 4.69) is 5.32 Å². The van der Waals surface area contributed by atoms with Crippen LogP contribution >= 0.6 is 11.6 Å². The molecule has 134 valence electrons.